The van der Waals surface area contributed by atoms with Crippen LogP contribution in [0.4, 0.5) is 0 Å². The van der Waals surface area contributed by atoms with Gasteiger partial charge in [-0.05, 0) is 33.6 Å². The molecule has 0 aromatic carbocycles. The predicted octanol–water partition coefficient (Wildman–Crippen LogP) is 0.807. The van der Waals surface area contributed by atoms with Crippen LogP contribution in [0.5, 0.6) is 0 Å². The molecule has 4 atom stereocenters. The van der Waals surface area contributed by atoms with Crippen molar-refractivity contribution in [2.75, 3.05) is 6.61 Å². The molecule has 98 valence electrons. The van der Waals surface area contributed by atoms with E-state index in [1.54, 1.807) is 6.92 Å². The number of ether oxygens (including phenoxy) is 3. The standard InChI is InChI=1S/C12H21NO4/c1-4-15-11(14)8-5-7(13)6-9-10(8)17-12(2,3)16-9/h7-10H,4-6,13H2,1-3H3. The highest BCUT2D eigenvalue weighted by molar-refractivity contribution is 5.73. The first-order chi connectivity index (χ1) is 7.93. The lowest BCUT2D eigenvalue weighted by atomic mass is 9.82. The van der Waals surface area contributed by atoms with Gasteiger partial charge >= 0.3 is 5.97 Å². The molecule has 1 aliphatic heterocycles. The third-order valence-corrected chi connectivity index (χ3v) is 3.30. The maximum absolute atomic E-state index is 11.9. The van der Waals surface area contributed by atoms with Gasteiger partial charge in [-0.2, -0.15) is 0 Å². The van der Waals surface area contributed by atoms with Gasteiger partial charge < -0.3 is 19.9 Å². The fourth-order valence-corrected chi connectivity index (χ4v) is 2.72. The first-order valence-corrected chi connectivity index (χ1v) is 6.21. The van der Waals surface area contributed by atoms with Crippen LogP contribution in [0.15, 0.2) is 0 Å². The van der Waals surface area contributed by atoms with Crippen molar-refractivity contribution in [1.29, 1.82) is 0 Å². The maximum atomic E-state index is 11.9. The van der Waals surface area contributed by atoms with Crippen molar-refractivity contribution in [2.24, 2.45) is 11.7 Å². The summed E-state index contributed by atoms with van der Waals surface area (Å²) in [5.41, 5.74) is 5.96. The number of nitrogens with two attached hydrogens (primary N) is 1. The summed E-state index contributed by atoms with van der Waals surface area (Å²) in [5.74, 6) is -1.16. The number of carbonyl (C=O) groups is 1. The van der Waals surface area contributed by atoms with E-state index in [0.717, 1.165) is 6.42 Å². The summed E-state index contributed by atoms with van der Waals surface area (Å²) in [5, 5.41) is 0. The van der Waals surface area contributed by atoms with Crippen molar-refractivity contribution in [3.05, 3.63) is 0 Å². The molecule has 0 bridgehead atoms. The molecule has 0 aromatic rings. The minimum atomic E-state index is -0.635. The molecular weight excluding hydrogens is 222 g/mol. The largest absolute Gasteiger partial charge is 0.466 e. The fourth-order valence-electron chi connectivity index (χ4n) is 2.72. The number of hydrogen-bond acceptors (Lipinski definition) is 5. The Bertz CT molecular complexity index is 305. The molecule has 0 aromatic heterocycles. The Balaban J connectivity index is 2.12. The number of fused-ring (bicyclic) bond motifs is 1. The minimum Gasteiger partial charge on any atom is -0.466 e. The monoisotopic (exact) mass is 243 g/mol. The van der Waals surface area contributed by atoms with Crippen LogP contribution in [0.3, 0.4) is 0 Å². The predicted molar refractivity (Wildman–Crippen MR) is 61.2 cm³/mol. The van der Waals surface area contributed by atoms with Crippen molar-refractivity contribution in [3.63, 3.8) is 0 Å². The Labute approximate surface area is 102 Å². The number of hydrogen-bond donors (Lipinski definition) is 1. The van der Waals surface area contributed by atoms with Gasteiger partial charge in [0.1, 0.15) is 6.10 Å². The first-order valence-electron chi connectivity index (χ1n) is 6.21. The van der Waals surface area contributed by atoms with Crippen LogP contribution in [0, 0.1) is 5.92 Å². The van der Waals surface area contributed by atoms with Gasteiger partial charge in [-0.3, -0.25) is 4.79 Å². The summed E-state index contributed by atoms with van der Waals surface area (Å²) in [7, 11) is 0. The molecule has 1 aliphatic carbocycles. The van der Waals surface area contributed by atoms with Crippen LogP contribution in [0.25, 0.3) is 0 Å². The van der Waals surface area contributed by atoms with E-state index in [1.807, 2.05) is 13.8 Å². The molecule has 0 spiro atoms. The van der Waals surface area contributed by atoms with E-state index in [1.165, 1.54) is 0 Å². The summed E-state index contributed by atoms with van der Waals surface area (Å²) in [4.78, 5) is 11.9. The van der Waals surface area contributed by atoms with Gasteiger partial charge in [0.15, 0.2) is 5.79 Å². The van der Waals surface area contributed by atoms with Gasteiger partial charge in [0.05, 0.1) is 18.6 Å². The lowest BCUT2D eigenvalue weighted by molar-refractivity contribution is -0.163. The maximum Gasteiger partial charge on any atom is 0.311 e. The Kier molecular flexibility index (Phi) is 3.43. The molecule has 2 N–H and O–H groups in total. The smallest absolute Gasteiger partial charge is 0.311 e. The lowest BCUT2D eigenvalue weighted by Gasteiger charge is -2.33. The van der Waals surface area contributed by atoms with Crippen molar-refractivity contribution in [2.45, 2.75) is 57.6 Å². The molecule has 5 heteroatoms. The van der Waals surface area contributed by atoms with E-state index in [2.05, 4.69) is 0 Å². The van der Waals surface area contributed by atoms with E-state index >= 15 is 0 Å². The normalized spacial score (nSPS) is 39.8. The van der Waals surface area contributed by atoms with E-state index in [0.29, 0.717) is 13.0 Å². The number of esters is 1. The molecule has 5 nitrogen and oxygen atoms in total. The SMILES string of the molecule is CCOC(=O)C1CC(N)CC2OC(C)(C)OC21. The average Bonchev–Trinajstić information content (AvgIpc) is 2.51. The number of rotatable bonds is 2. The zero-order valence-corrected chi connectivity index (χ0v) is 10.6. The van der Waals surface area contributed by atoms with Crippen molar-refractivity contribution in [1.82, 2.24) is 0 Å². The molecule has 2 fully saturated rings. The molecule has 0 amide bonds. The molecule has 1 heterocycles. The Hall–Kier alpha value is -0.650. The summed E-state index contributed by atoms with van der Waals surface area (Å²) >= 11 is 0. The highest BCUT2D eigenvalue weighted by atomic mass is 16.8. The topological polar surface area (TPSA) is 70.8 Å². The van der Waals surface area contributed by atoms with Gasteiger partial charge in [0.2, 0.25) is 0 Å². The second-order valence-electron chi connectivity index (χ2n) is 5.23. The van der Waals surface area contributed by atoms with Crippen LogP contribution < -0.4 is 5.73 Å². The third-order valence-electron chi connectivity index (χ3n) is 3.30. The van der Waals surface area contributed by atoms with E-state index in [-0.39, 0.29) is 30.1 Å². The second kappa shape index (κ2) is 4.55. The van der Waals surface area contributed by atoms with Crippen molar-refractivity contribution < 1.29 is 19.0 Å². The lowest BCUT2D eigenvalue weighted by Crippen LogP contribution is -2.47. The van der Waals surface area contributed by atoms with Crippen LogP contribution in [-0.4, -0.2) is 36.6 Å². The fraction of sp³-hybridized carbons (Fsp3) is 0.917. The van der Waals surface area contributed by atoms with Crippen LogP contribution in [0.2, 0.25) is 0 Å². The molecule has 2 rings (SSSR count). The van der Waals surface area contributed by atoms with E-state index in [9.17, 15) is 4.79 Å². The van der Waals surface area contributed by atoms with Gasteiger partial charge in [-0.15, -0.1) is 0 Å². The van der Waals surface area contributed by atoms with Gasteiger partial charge in [-0.25, -0.2) is 0 Å². The molecule has 1 saturated carbocycles. The highest BCUT2D eigenvalue weighted by Gasteiger charge is 2.51. The van der Waals surface area contributed by atoms with Crippen LogP contribution in [-0.2, 0) is 19.0 Å². The van der Waals surface area contributed by atoms with E-state index in [4.69, 9.17) is 19.9 Å². The molecular formula is C12H21NO4. The summed E-state index contributed by atoms with van der Waals surface area (Å²) in [6.07, 6.45) is 1.04. The van der Waals surface area contributed by atoms with Crippen LogP contribution >= 0.6 is 0 Å². The molecule has 2 aliphatic rings. The van der Waals surface area contributed by atoms with Gasteiger partial charge in [-0.1, -0.05) is 0 Å². The average molecular weight is 243 g/mol. The zero-order valence-electron chi connectivity index (χ0n) is 10.6. The summed E-state index contributed by atoms with van der Waals surface area (Å²) < 4.78 is 16.7. The molecule has 4 unspecified atom stereocenters. The van der Waals surface area contributed by atoms with E-state index < -0.39 is 5.79 Å². The molecule has 1 saturated heterocycles. The number of carbonyl (C=O) groups excluding carboxylic acids is 1. The second-order valence-corrected chi connectivity index (χ2v) is 5.23. The van der Waals surface area contributed by atoms with Gasteiger partial charge in [0.25, 0.3) is 0 Å². The Morgan fingerprint density at radius 1 is 1.41 bits per heavy atom. The summed E-state index contributed by atoms with van der Waals surface area (Å²) in [6, 6.07) is -0.0249. The van der Waals surface area contributed by atoms with Crippen LogP contribution in [0.1, 0.15) is 33.6 Å². The minimum absolute atomic E-state index is 0.0249. The van der Waals surface area contributed by atoms with Crippen molar-refractivity contribution >= 4 is 5.97 Å². The quantitative estimate of drug-likeness (QED) is 0.727. The van der Waals surface area contributed by atoms with Crippen molar-refractivity contribution in [3.8, 4) is 0 Å². The first kappa shape index (κ1) is 12.8. The Morgan fingerprint density at radius 3 is 2.76 bits per heavy atom. The third kappa shape index (κ3) is 2.61. The Morgan fingerprint density at radius 2 is 2.12 bits per heavy atom. The summed E-state index contributed by atoms with van der Waals surface area (Å²) in [6.45, 7) is 5.90. The molecule has 17 heavy (non-hydrogen) atoms. The highest BCUT2D eigenvalue weighted by Crippen LogP contribution is 2.39. The van der Waals surface area contributed by atoms with Gasteiger partial charge in [0, 0.05) is 6.04 Å². The molecule has 0 radical (unpaired) electrons. The zero-order chi connectivity index (χ0) is 12.6.